The van der Waals surface area contributed by atoms with Crippen LogP contribution < -0.4 is 5.73 Å². The number of ether oxygens (including phenoxy) is 1. The van der Waals surface area contributed by atoms with Crippen LogP contribution in [0.4, 0.5) is 0 Å². The number of hydrogen-bond donors (Lipinski definition) is 1. The topological polar surface area (TPSA) is 35.2 Å². The molecular formula is C14H25NO. The summed E-state index contributed by atoms with van der Waals surface area (Å²) in [5, 5.41) is 0. The first kappa shape index (κ1) is 11.0. The minimum atomic E-state index is 0.357. The van der Waals surface area contributed by atoms with Crippen LogP contribution in [-0.2, 0) is 4.74 Å². The molecule has 1 saturated heterocycles. The molecule has 0 aromatic rings. The van der Waals surface area contributed by atoms with Gasteiger partial charge in [0.15, 0.2) is 0 Å². The van der Waals surface area contributed by atoms with Gasteiger partial charge in [0.05, 0.1) is 6.10 Å². The van der Waals surface area contributed by atoms with Gasteiger partial charge in [0.1, 0.15) is 0 Å². The molecule has 3 aliphatic rings. The normalized spacial score (nSPS) is 40.7. The van der Waals surface area contributed by atoms with Gasteiger partial charge in [0.2, 0.25) is 0 Å². The van der Waals surface area contributed by atoms with Crippen LogP contribution in [-0.4, -0.2) is 19.3 Å². The van der Waals surface area contributed by atoms with Gasteiger partial charge in [-0.05, 0) is 37.5 Å². The summed E-state index contributed by atoms with van der Waals surface area (Å²) in [5.74, 6) is 1.80. The fourth-order valence-corrected chi connectivity index (χ4v) is 4.05. The second-order valence-corrected chi connectivity index (χ2v) is 6.30. The Labute approximate surface area is 98.9 Å². The van der Waals surface area contributed by atoms with Crippen LogP contribution >= 0.6 is 0 Å². The molecule has 1 heterocycles. The SMILES string of the molecule is NCC1(CC2CCCC2)CCOC1C1CC1. The Bertz CT molecular complexity index is 245. The molecule has 2 atom stereocenters. The van der Waals surface area contributed by atoms with Crippen molar-refractivity contribution in [1.82, 2.24) is 0 Å². The van der Waals surface area contributed by atoms with E-state index in [1.165, 1.54) is 51.4 Å². The van der Waals surface area contributed by atoms with Gasteiger partial charge >= 0.3 is 0 Å². The molecule has 0 bridgehead atoms. The van der Waals surface area contributed by atoms with Crippen molar-refractivity contribution in [3.05, 3.63) is 0 Å². The Morgan fingerprint density at radius 1 is 1.12 bits per heavy atom. The Morgan fingerprint density at radius 2 is 1.88 bits per heavy atom. The molecule has 92 valence electrons. The second kappa shape index (κ2) is 4.30. The number of nitrogens with two attached hydrogens (primary N) is 1. The zero-order chi connectivity index (χ0) is 11.0. The summed E-state index contributed by atoms with van der Waals surface area (Å²) in [5.41, 5.74) is 6.48. The fourth-order valence-electron chi connectivity index (χ4n) is 4.05. The molecule has 2 heteroatoms. The lowest BCUT2D eigenvalue weighted by Crippen LogP contribution is -2.41. The first-order valence-electron chi connectivity index (χ1n) is 7.16. The molecule has 2 N–H and O–H groups in total. The summed E-state index contributed by atoms with van der Waals surface area (Å²) >= 11 is 0. The van der Waals surface area contributed by atoms with E-state index >= 15 is 0 Å². The van der Waals surface area contributed by atoms with Crippen molar-refractivity contribution in [3.8, 4) is 0 Å². The van der Waals surface area contributed by atoms with Crippen molar-refractivity contribution in [2.45, 2.75) is 57.5 Å². The van der Waals surface area contributed by atoms with E-state index < -0.39 is 0 Å². The van der Waals surface area contributed by atoms with Crippen molar-refractivity contribution in [3.63, 3.8) is 0 Å². The summed E-state index contributed by atoms with van der Waals surface area (Å²) < 4.78 is 6.01. The Kier molecular flexibility index (Phi) is 2.97. The maximum Gasteiger partial charge on any atom is 0.0672 e. The smallest absolute Gasteiger partial charge is 0.0672 e. The molecule has 2 saturated carbocycles. The standard InChI is InChI=1S/C14H25NO/c15-10-14(9-11-3-1-2-4-11)7-8-16-13(14)12-5-6-12/h11-13H,1-10,15H2. The van der Waals surface area contributed by atoms with Gasteiger partial charge in [-0.15, -0.1) is 0 Å². The third-order valence-corrected chi connectivity index (χ3v) is 5.13. The van der Waals surface area contributed by atoms with Gasteiger partial charge in [-0.25, -0.2) is 0 Å². The van der Waals surface area contributed by atoms with E-state index in [1.807, 2.05) is 0 Å². The second-order valence-electron chi connectivity index (χ2n) is 6.30. The lowest BCUT2D eigenvalue weighted by molar-refractivity contribution is 0.0230. The lowest BCUT2D eigenvalue weighted by atomic mass is 9.72. The van der Waals surface area contributed by atoms with Crippen LogP contribution in [0.1, 0.15) is 51.4 Å². The zero-order valence-corrected chi connectivity index (χ0v) is 10.3. The molecule has 3 rings (SSSR count). The predicted octanol–water partition coefficient (Wildman–Crippen LogP) is 2.71. The Hall–Kier alpha value is -0.0800. The van der Waals surface area contributed by atoms with Crippen molar-refractivity contribution < 1.29 is 4.74 Å². The number of hydrogen-bond acceptors (Lipinski definition) is 2. The van der Waals surface area contributed by atoms with E-state index in [-0.39, 0.29) is 0 Å². The average molecular weight is 223 g/mol. The van der Waals surface area contributed by atoms with E-state index in [0.717, 1.165) is 25.0 Å². The van der Waals surface area contributed by atoms with Gasteiger partial charge in [-0.2, -0.15) is 0 Å². The monoisotopic (exact) mass is 223 g/mol. The van der Waals surface area contributed by atoms with Crippen molar-refractivity contribution in [2.24, 2.45) is 23.0 Å². The molecule has 16 heavy (non-hydrogen) atoms. The molecule has 2 aliphatic carbocycles. The summed E-state index contributed by atoms with van der Waals surface area (Å²) in [6, 6.07) is 0. The van der Waals surface area contributed by atoms with Gasteiger partial charge in [-0.1, -0.05) is 25.7 Å². The predicted molar refractivity (Wildman–Crippen MR) is 65.1 cm³/mol. The van der Waals surface area contributed by atoms with Gasteiger partial charge < -0.3 is 10.5 Å². The van der Waals surface area contributed by atoms with Gasteiger partial charge in [-0.3, -0.25) is 0 Å². The van der Waals surface area contributed by atoms with E-state index in [0.29, 0.717) is 11.5 Å². The van der Waals surface area contributed by atoms with E-state index in [1.54, 1.807) is 0 Å². The van der Waals surface area contributed by atoms with Crippen LogP contribution in [0.15, 0.2) is 0 Å². The molecule has 0 spiro atoms. The maximum atomic E-state index is 6.12. The first-order chi connectivity index (χ1) is 7.84. The molecule has 0 aromatic carbocycles. The summed E-state index contributed by atoms with van der Waals surface area (Å²) in [6.07, 6.45) is 11.6. The fraction of sp³-hybridized carbons (Fsp3) is 1.00. The van der Waals surface area contributed by atoms with Crippen LogP contribution in [0.2, 0.25) is 0 Å². The molecule has 0 amide bonds. The lowest BCUT2D eigenvalue weighted by Gasteiger charge is -2.35. The quantitative estimate of drug-likeness (QED) is 0.795. The molecule has 1 aliphatic heterocycles. The molecule has 2 nitrogen and oxygen atoms in total. The van der Waals surface area contributed by atoms with Gasteiger partial charge in [0.25, 0.3) is 0 Å². The third kappa shape index (κ3) is 1.91. The zero-order valence-electron chi connectivity index (χ0n) is 10.3. The highest BCUT2D eigenvalue weighted by molar-refractivity contribution is 5.01. The molecule has 0 aromatic heterocycles. The van der Waals surface area contributed by atoms with Crippen molar-refractivity contribution >= 4 is 0 Å². The van der Waals surface area contributed by atoms with Crippen molar-refractivity contribution in [2.75, 3.05) is 13.2 Å². The van der Waals surface area contributed by atoms with Crippen LogP contribution in [0.25, 0.3) is 0 Å². The third-order valence-electron chi connectivity index (χ3n) is 5.13. The van der Waals surface area contributed by atoms with E-state index in [9.17, 15) is 0 Å². The largest absolute Gasteiger partial charge is 0.377 e. The first-order valence-corrected chi connectivity index (χ1v) is 7.16. The Morgan fingerprint density at radius 3 is 2.50 bits per heavy atom. The van der Waals surface area contributed by atoms with Crippen LogP contribution in [0.5, 0.6) is 0 Å². The highest BCUT2D eigenvalue weighted by atomic mass is 16.5. The van der Waals surface area contributed by atoms with Crippen molar-refractivity contribution in [1.29, 1.82) is 0 Å². The van der Waals surface area contributed by atoms with Gasteiger partial charge in [0, 0.05) is 18.6 Å². The summed E-state index contributed by atoms with van der Waals surface area (Å²) in [7, 11) is 0. The maximum absolute atomic E-state index is 6.12. The highest BCUT2D eigenvalue weighted by Crippen LogP contribution is 2.51. The van der Waals surface area contributed by atoms with Crippen LogP contribution in [0, 0.1) is 17.3 Å². The van der Waals surface area contributed by atoms with Crippen LogP contribution in [0.3, 0.4) is 0 Å². The van der Waals surface area contributed by atoms with E-state index in [4.69, 9.17) is 10.5 Å². The minimum Gasteiger partial charge on any atom is -0.377 e. The summed E-state index contributed by atoms with van der Waals surface area (Å²) in [4.78, 5) is 0. The minimum absolute atomic E-state index is 0.357. The molecule has 3 fully saturated rings. The molecular weight excluding hydrogens is 198 g/mol. The highest BCUT2D eigenvalue weighted by Gasteiger charge is 2.50. The Balaban J connectivity index is 1.69. The average Bonchev–Trinajstić information content (AvgIpc) is 2.86. The summed E-state index contributed by atoms with van der Waals surface area (Å²) in [6.45, 7) is 1.82. The van der Waals surface area contributed by atoms with E-state index in [2.05, 4.69) is 0 Å². The number of rotatable bonds is 4. The molecule has 0 radical (unpaired) electrons. The molecule has 2 unspecified atom stereocenters.